The maximum Gasteiger partial charge on any atom is 0.277 e. The zero-order valence-electron chi connectivity index (χ0n) is 15.3. The van der Waals surface area contributed by atoms with Gasteiger partial charge in [0.25, 0.3) is 5.91 Å². The summed E-state index contributed by atoms with van der Waals surface area (Å²) in [5, 5.41) is 10.4. The summed E-state index contributed by atoms with van der Waals surface area (Å²) in [6, 6.07) is 12.7. The number of carbonyl (C=O) groups is 1. The Hall–Kier alpha value is -1.95. The van der Waals surface area contributed by atoms with E-state index in [4.69, 9.17) is 23.2 Å². The zero-order valence-corrected chi connectivity index (χ0v) is 16.8. The minimum absolute atomic E-state index is 0.120. The number of nitrogens with zero attached hydrogens (tertiary/aromatic N) is 2. The summed E-state index contributed by atoms with van der Waals surface area (Å²) in [5.74, 6) is 0.396. The summed E-state index contributed by atoms with van der Waals surface area (Å²) in [6.45, 7) is 4.61. The first-order valence-corrected chi connectivity index (χ1v) is 9.73. The molecule has 0 unspecified atom stereocenters. The van der Waals surface area contributed by atoms with Crippen LogP contribution in [0.4, 0.5) is 5.69 Å². The SMILES string of the molecule is CN(Cc1ccc(Cl)c(Cl)c1)C(=O)C[NH+]1CCN(c2ccc(O)cc2)CC1. The lowest BCUT2D eigenvalue weighted by Gasteiger charge is -2.34. The molecule has 7 heteroatoms. The second kappa shape index (κ2) is 8.83. The molecular weight excluding hydrogens is 385 g/mol. The third-order valence-corrected chi connectivity index (χ3v) is 5.66. The van der Waals surface area contributed by atoms with Crippen LogP contribution >= 0.6 is 23.2 Å². The number of phenolic OH excluding ortho intramolecular Hbond substituents is 1. The van der Waals surface area contributed by atoms with Gasteiger partial charge in [0.2, 0.25) is 0 Å². The van der Waals surface area contributed by atoms with Crippen LogP contribution < -0.4 is 9.80 Å². The summed E-state index contributed by atoms with van der Waals surface area (Å²) in [7, 11) is 1.82. The monoisotopic (exact) mass is 408 g/mol. The number of carbonyl (C=O) groups excluding carboxylic acids is 1. The van der Waals surface area contributed by atoms with Crippen molar-refractivity contribution in [3.8, 4) is 5.75 Å². The molecule has 0 radical (unpaired) electrons. The highest BCUT2D eigenvalue weighted by atomic mass is 35.5. The normalized spacial score (nSPS) is 15.0. The number of phenols is 1. The van der Waals surface area contributed by atoms with Gasteiger partial charge in [-0.1, -0.05) is 29.3 Å². The van der Waals surface area contributed by atoms with E-state index in [9.17, 15) is 9.90 Å². The summed E-state index contributed by atoms with van der Waals surface area (Å²) < 4.78 is 0. The molecule has 2 aromatic carbocycles. The zero-order chi connectivity index (χ0) is 19.4. The topological polar surface area (TPSA) is 48.2 Å². The van der Waals surface area contributed by atoms with E-state index in [1.54, 1.807) is 29.2 Å². The molecular formula is C20H24Cl2N3O2+. The standard InChI is InChI=1S/C20H23Cl2N3O2/c1-23(13-15-2-7-18(21)19(22)12-15)20(27)14-24-8-10-25(11-9-24)16-3-5-17(26)6-4-16/h2-7,12,26H,8-11,13-14H2,1H3/p+1. The smallest absolute Gasteiger partial charge is 0.277 e. The molecule has 2 aromatic rings. The van der Waals surface area contributed by atoms with Gasteiger partial charge >= 0.3 is 0 Å². The van der Waals surface area contributed by atoms with Crippen LogP contribution in [0.25, 0.3) is 0 Å². The molecule has 0 bridgehead atoms. The molecule has 144 valence electrons. The number of hydrogen-bond donors (Lipinski definition) is 2. The molecule has 0 aromatic heterocycles. The molecule has 2 N–H and O–H groups in total. The van der Waals surface area contributed by atoms with E-state index in [0.717, 1.165) is 37.4 Å². The van der Waals surface area contributed by atoms with Crippen LogP contribution in [0.1, 0.15) is 5.56 Å². The molecule has 0 spiro atoms. The van der Waals surface area contributed by atoms with E-state index in [2.05, 4.69) is 4.90 Å². The van der Waals surface area contributed by atoms with Crippen LogP contribution in [0, 0.1) is 0 Å². The van der Waals surface area contributed by atoms with Crippen LogP contribution in [-0.2, 0) is 11.3 Å². The van der Waals surface area contributed by atoms with E-state index in [0.29, 0.717) is 23.1 Å². The Kier molecular flexibility index (Phi) is 6.47. The van der Waals surface area contributed by atoms with Gasteiger partial charge in [-0.15, -0.1) is 0 Å². The highest BCUT2D eigenvalue weighted by Gasteiger charge is 2.24. The van der Waals surface area contributed by atoms with Crippen molar-refractivity contribution in [2.45, 2.75) is 6.54 Å². The fourth-order valence-electron chi connectivity index (χ4n) is 3.27. The van der Waals surface area contributed by atoms with Crippen LogP contribution in [0.2, 0.25) is 10.0 Å². The van der Waals surface area contributed by atoms with Gasteiger partial charge in [0.05, 0.1) is 36.2 Å². The highest BCUT2D eigenvalue weighted by Crippen LogP contribution is 2.23. The van der Waals surface area contributed by atoms with Crippen molar-refractivity contribution >= 4 is 34.8 Å². The van der Waals surface area contributed by atoms with E-state index < -0.39 is 0 Å². The second-order valence-corrected chi connectivity index (χ2v) is 7.74. The van der Waals surface area contributed by atoms with Gasteiger partial charge in [-0.25, -0.2) is 0 Å². The summed E-state index contributed by atoms with van der Waals surface area (Å²) in [4.78, 5) is 17.9. The van der Waals surface area contributed by atoms with Crippen molar-refractivity contribution in [2.75, 3.05) is 44.7 Å². The molecule has 0 saturated carbocycles. The Labute approximate surface area is 169 Å². The van der Waals surface area contributed by atoms with Crippen molar-refractivity contribution < 1.29 is 14.8 Å². The maximum absolute atomic E-state index is 12.6. The molecule has 1 aliphatic heterocycles. The van der Waals surface area contributed by atoms with Gasteiger partial charge in [-0.2, -0.15) is 0 Å². The largest absolute Gasteiger partial charge is 0.508 e. The lowest BCUT2D eigenvalue weighted by molar-refractivity contribution is -0.892. The van der Waals surface area contributed by atoms with E-state index in [1.165, 1.54) is 4.90 Å². The number of benzene rings is 2. The number of piperazine rings is 1. The predicted octanol–water partition coefficient (Wildman–Crippen LogP) is 2.06. The van der Waals surface area contributed by atoms with Crippen molar-refractivity contribution in [3.05, 3.63) is 58.1 Å². The van der Waals surface area contributed by atoms with Crippen LogP contribution in [0.3, 0.4) is 0 Å². The van der Waals surface area contributed by atoms with Crippen molar-refractivity contribution in [1.29, 1.82) is 0 Å². The van der Waals surface area contributed by atoms with Gasteiger partial charge in [0.1, 0.15) is 5.75 Å². The Morgan fingerprint density at radius 2 is 1.78 bits per heavy atom. The number of likely N-dealkylation sites (N-methyl/N-ethyl adjacent to an activating group) is 1. The molecule has 1 saturated heterocycles. The first-order chi connectivity index (χ1) is 12.9. The molecule has 0 atom stereocenters. The van der Waals surface area contributed by atoms with Crippen molar-refractivity contribution in [3.63, 3.8) is 0 Å². The number of halogens is 2. The van der Waals surface area contributed by atoms with Gasteiger partial charge in [-0.3, -0.25) is 4.79 Å². The highest BCUT2D eigenvalue weighted by molar-refractivity contribution is 6.42. The summed E-state index contributed by atoms with van der Waals surface area (Å²) in [5.41, 5.74) is 2.07. The lowest BCUT2D eigenvalue weighted by Crippen LogP contribution is -3.15. The molecule has 1 heterocycles. The molecule has 1 amide bonds. The Balaban J connectivity index is 1.48. The number of aromatic hydroxyl groups is 1. The molecule has 27 heavy (non-hydrogen) atoms. The Morgan fingerprint density at radius 1 is 1.11 bits per heavy atom. The quantitative estimate of drug-likeness (QED) is 0.795. The summed E-state index contributed by atoms with van der Waals surface area (Å²) in [6.07, 6.45) is 0. The molecule has 0 aliphatic carbocycles. The molecule has 1 fully saturated rings. The lowest BCUT2D eigenvalue weighted by atomic mass is 10.2. The van der Waals surface area contributed by atoms with Crippen molar-refractivity contribution in [2.24, 2.45) is 0 Å². The minimum atomic E-state index is 0.120. The van der Waals surface area contributed by atoms with Crippen molar-refractivity contribution in [1.82, 2.24) is 4.90 Å². The van der Waals surface area contributed by atoms with Gasteiger partial charge in [0.15, 0.2) is 6.54 Å². The van der Waals surface area contributed by atoms with Crippen LogP contribution in [-0.4, -0.2) is 55.7 Å². The van der Waals surface area contributed by atoms with Gasteiger partial charge < -0.3 is 19.8 Å². The number of amides is 1. The Morgan fingerprint density at radius 3 is 2.41 bits per heavy atom. The fourth-order valence-corrected chi connectivity index (χ4v) is 3.59. The van der Waals surface area contributed by atoms with E-state index in [-0.39, 0.29) is 11.7 Å². The average Bonchev–Trinajstić information content (AvgIpc) is 2.66. The number of rotatable bonds is 5. The third-order valence-electron chi connectivity index (χ3n) is 4.92. The third kappa shape index (κ3) is 5.28. The number of quaternary nitrogens is 1. The Bertz CT molecular complexity index is 790. The predicted molar refractivity (Wildman–Crippen MR) is 109 cm³/mol. The first-order valence-electron chi connectivity index (χ1n) is 8.98. The van der Waals surface area contributed by atoms with Crippen LogP contribution in [0.5, 0.6) is 5.75 Å². The summed E-state index contributed by atoms with van der Waals surface area (Å²) >= 11 is 12.0. The van der Waals surface area contributed by atoms with E-state index >= 15 is 0 Å². The molecule has 5 nitrogen and oxygen atoms in total. The number of hydrogen-bond acceptors (Lipinski definition) is 3. The second-order valence-electron chi connectivity index (χ2n) is 6.93. The van der Waals surface area contributed by atoms with Gasteiger partial charge in [0, 0.05) is 19.3 Å². The fraction of sp³-hybridized carbons (Fsp3) is 0.350. The maximum atomic E-state index is 12.6. The van der Waals surface area contributed by atoms with Crippen LogP contribution in [0.15, 0.2) is 42.5 Å². The molecule has 1 aliphatic rings. The number of nitrogens with one attached hydrogen (secondary N) is 1. The number of anilines is 1. The minimum Gasteiger partial charge on any atom is -0.508 e. The van der Waals surface area contributed by atoms with Gasteiger partial charge in [-0.05, 0) is 42.0 Å². The first kappa shape index (κ1) is 19.8. The van der Waals surface area contributed by atoms with E-state index in [1.807, 2.05) is 25.2 Å². The molecule has 3 rings (SSSR count). The average molecular weight is 409 g/mol.